The number of benzene rings is 1. The van der Waals surface area contributed by atoms with E-state index < -0.39 is 0 Å². The molecule has 0 bridgehead atoms. The number of hydrogen-bond acceptors (Lipinski definition) is 1. The standard InChI is InChI=1S/C22H39N/c1-4-7-8-9-10-11-12-13-14-18-22(23)21-17-15-16-19(5-2)20(21)6-3/h15-17,22H,4-14,18,23H2,1-3H3. The third-order valence-electron chi connectivity index (χ3n) is 5.06. The Balaban J connectivity index is 2.25. The van der Waals surface area contributed by atoms with Crippen molar-refractivity contribution in [3.05, 3.63) is 34.9 Å². The smallest absolute Gasteiger partial charge is 0.0297 e. The van der Waals surface area contributed by atoms with E-state index in [9.17, 15) is 0 Å². The van der Waals surface area contributed by atoms with E-state index in [-0.39, 0.29) is 6.04 Å². The lowest BCUT2D eigenvalue weighted by atomic mass is 9.91. The lowest BCUT2D eigenvalue weighted by Gasteiger charge is -2.18. The minimum absolute atomic E-state index is 0.223. The highest BCUT2D eigenvalue weighted by molar-refractivity contribution is 5.37. The van der Waals surface area contributed by atoms with Gasteiger partial charge in [-0.2, -0.15) is 0 Å². The molecule has 1 unspecified atom stereocenters. The van der Waals surface area contributed by atoms with Crippen LogP contribution < -0.4 is 5.73 Å². The summed E-state index contributed by atoms with van der Waals surface area (Å²) in [6, 6.07) is 6.91. The number of rotatable bonds is 13. The van der Waals surface area contributed by atoms with Crippen LogP contribution in [0.4, 0.5) is 0 Å². The van der Waals surface area contributed by atoms with Gasteiger partial charge in [0.25, 0.3) is 0 Å². The normalized spacial score (nSPS) is 12.5. The summed E-state index contributed by atoms with van der Waals surface area (Å²) in [4.78, 5) is 0. The van der Waals surface area contributed by atoms with E-state index in [1.54, 1.807) is 0 Å². The fourth-order valence-electron chi connectivity index (χ4n) is 3.59. The molecule has 0 radical (unpaired) electrons. The van der Waals surface area contributed by atoms with E-state index in [4.69, 9.17) is 5.73 Å². The third-order valence-corrected chi connectivity index (χ3v) is 5.06. The number of aryl methyl sites for hydroxylation is 1. The summed E-state index contributed by atoms with van der Waals surface area (Å²) in [5.74, 6) is 0. The summed E-state index contributed by atoms with van der Waals surface area (Å²) in [6.07, 6.45) is 15.8. The monoisotopic (exact) mass is 317 g/mol. The molecule has 1 atom stereocenters. The van der Waals surface area contributed by atoms with Crippen LogP contribution in [0.25, 0.3) is 0 Å². The van der Waals surface area contributed by atoms with E-state index in [0.29, 0.717) is 0 Å². The highest BCUT2D eigenvalue weighted by atomic mass is 14.6. The lowest BCUT2D eigenvalue weighted by molar-refractivity contribution is 0.531. The highest BCUT2D eigenvalue weighted by Crippen LogP contribution is 2.25. The van der Waals surface area contributed by atoms with Crippen molar-refractivity contribution in [2.24, 2.45) is 5.73 Å². The van der Waals surface area contributed by atoms with Crippen LogP contribution in [0.2, 0.25) is 0 Å². The first-order valence-electron chi connectivity index (χ1n) is 10.1. The molecule has 1 aromatic carbocycles. The van der Waals surface area contributed by atoms with Crippen molar-refractivity contribution in [3.63, 3.8) is 0 Å². The van der Waals surface area contributed by atoms with Crippen molar-refractivity contribution < 1.29 is 0 Å². The van der Waals surface area contributed by atoms with Gasteiger partial charge in [-0.25, -0.2) is 0 Å². The summed E-state index contributed by atoms with van der Waals surface area (Å²) >= 11 is 0. The summed E-state index contributed by atoms with van der Waals surface area (Å²) in [5, 5.41) is 0. The van der Waals surface area contributed by atoms with E-state index in [2.05, 4.69) is 39.0 Å². The minimum atomic E-state index is 0.223. The quantitative estimate of drug-likeness (QED) is 0.401. The second-order valence-electron chi connectivity index (χ2n) is 6.92. The van der Waals surface area contributed by atoms with Crippen LogP contribution in [0.1, 0.15) is 108 Å². The van der Waals surface area contributed by atoms with Crippen molar-refractivity contribution in [2.45, 2.75) is 104 Å². The van der Waals surface area contributed by atoms with Gasteiger partial charge < -0.3 is 5.73 Å². The van der Waals surface area contributed by atoms with Gasteiger partial charge in [0.2, 0.25) is 0 Å². The first-order chi connectivity index (χ1) is 11.2. The lowest BCUT2D eigenvalue weighted by Crippen LogP contribution is -2.13. The molecule has 132 valence electrons. The molecule has 1 aromatic rings. The molecule has 0 aliphatic carbocycles. The Morgan fingerprint density at radius 1 is 0.783 bits per heavy atom. The van der Waals surface area contributed by atoms with Crippen LogP contribution in [-0.2, 0) is 12.8 Å². The summed E-state index contributed by atoms with van der Waals surface area (Å²) < 4.78 is 0. The minimum Gasteiger partial charge on any atom is -0.324 e. The van der Waals surface area contributed by atoms with Gasteiger partial charge in [-0.15, -0.1) is 0 Å². The Labute approximate surface area is 145 Å². The molecule has 0 heterocycles. The first-order valence-corrected chi connectivity index (χ1v) is 10.1. The van der Waals surface area contributed by atoms with E-state index >= 15 is 0 Å². The Kier molecular flexibility index (Phi) is 11.1. The van der Waals surface area contributed by atoms with Gasteiger partial charge in [0, 0.05) is 6.04 Å². The Hall–Kier alpha value is -0.820. The SMILES string of the molecule is CCCCCCCCCCCC(N)c1cccc(CC)c1CC. The van der Waals surface area contributed by atoms with Gasteiger partial charge in [-0.1, -0.05) is 96.8 Å². The molecule has 2 N–H and O–H groups in total. The molecule has 23 heavy (non-hydrogen) atoms. The molecule has 1 rings (SSSR count). The molecule has 0 aliphatic rings. The van der Waals surface area contributed by atoms with Gasteiger partial charge in [0.15, 0.2) is 0 Å². The van der Waals surface area contributed by atoms with Crippen LogP contribution in [0, 0.1) is 0 Å². The molecule has 0 amide bonds. The van der Waals surface area contributed by atoms with Crippen LogP contribution in [-0.4, -0.2) is 0 Å². The molecular weight excluding hydrogens is 278 g/mol. The van der Waals surface area contributed by atoms with Crippen molar-refractivity contribution >= 4 is 0 Å². The molecule has 0 aliphatic heterocycles. The predicted molar refractivity (Wildman–Crippen MR) is 104 cm³/mol. The maximum absolute atomic E-state index is 6.49. The molecule has 0 aromatic heterocycles. The summed E-state index contributed by atoms with van der Waals surface area (Å²) in [6.45, 7) is 6.77. The number of unbranched alkanes of at least 4 members (excludes halogenated alkanes) is 8. The van der Waals surface area contributed by atoms with Gasteiger partial charge in [0.05, 0.1) is 0 Å². The van der Waals surface area contributed by atoms with Gasteiger partial charge in [-0.3, -0.25) is 0 Å². The average Bonchev–Trinajstić information content (AvgIpc) is 2.59. The van der Waals surface area contributed by atoms with E-state index in [1.165, 1.54) is 74.5 Å². The summed E-state index contributed by atoms with van der Waals surface area (Å²) in [5.41, 5.74) is 10.9. The average molecular weight is 318 g/mol. The zero-order valence-electron chi connectivity index (χ0n) is 15.9. The van der Waals surface area contributed by atoms with Crippen molar-refractivity contribution in [1.82, 2.24) is 0 Å². The fraction of sp³-hybridized carbons (Fsp3) is 0.727. The van der Waals surface area contributed by atoms with Crippen LogP contribution in [0.15, 0.2) is 18.2 Å². The van der Waals surface area contributed by atoms with Crippen molar-refractivity contribution in [3.8, 4) is 0 Å². The third kappa shape index (κ3) is 7.52. The summed E-state index contributed by atoms with van der Waals surface area (Å²) in [7, 11) is 0. The molecule has 0 saturated heterocycles. The molecule has 0 spiro atoms. The topological polar surface area (TPSA) is 26.0 Å². The van der Waals surface area contributed by atoms with Gasteiger partial charge >= 0.3 is 0 Å². The number of nitrogens with two attached hydrogens (primary N) is 1. The zero-order valence-corrected chi connectivity index (χ0v) is 15.9. The second-order valence-corrected chi connectivity index (χ2v) is 6.92. The zero-order chi connectivity index (χ0) is 16.9. The molecule has 1 heteroatoms. The molecule has 1 nitrogen and oxygen atoms in total. The van der Waals surface area contributed by atoms with Crippen LogP contribution in [0.5, 0.6) is 0 Å². The van der Waals surface area contributed by atoms with Crippen LogP contribution >= 0.6 is 0 Å². The van der Waals surface area contributed by atoms with Crippen LogP contribution in [0.3, 0.4) is 0 Å². The maximum Gasteiger partial charge on any atom is 0.0297 e. The fourth-order valence-corrected chi connectivity index (χ4v) is 3.59. The molecule has 0 fully saturated rings. The predicted octanol–water partition coefficient (Wildman–Crippen LogP) is 6.73. The largest absolute Gasteiger partial charge is 0.324 e. The van der Waals surface area contributed by atoms with Crippen molar-refractivity contribution in [1.29, 1.82) is 0 Å². The van der Waals surface area contributed by atoms with Gasteiger partial charge in [-0.05, 0) is 36.0 Å². The van der Waals surface area contributed by atoms with E-state index in [0.717, 1.165) is 19.3 Å². The van der Waals surface area contributed by atoms with Gasteiger partial charge in [0.1, 0.15) is 0 Å². The Bertz CT molecular complexity index is 410. The van der Waals surface area contributed by atoms with Crippen molar-refractivity contribution in [2.75, 3.05) is 0 Å². The number of hydrogen-bond donors (Lipinski definition) is 1. The van der Waals surface area contributed by atoms with E-state index in [1.807, 2.05) is 0 Å². The highest BCUT2D eigenvalue weighted by Gasteiger charge is 2.12. The Morgan fingerprint density at radius 2 is 1.39 bits per heavy atom. The maximum atomic E-state index is 6.49. The molecule has 0 saturated carbocycles. The Morgan fingerprint density at radius 3 is 1.96 bits per heavy atom. The molecular formula is C22H39N. The second kappa shape index (κ2) is 12.6. The first kappa shape index (κ1) is 20.2.